The number of nitrogens with zero attached hydrogens (tertiary/aromatic N) is 2. The van der Waals surface area contributed by atoms with E-state index >= 15 is 0 Å². The Bertz CT molecular complexity index is 1320. The third-order valence-corrected chi connectivity index (χ3v) is 7.28. The van der Waals surface area contributed by atoms with Crippen molar-refractivity contribution in [3.8, 4) is 5.75 Å². The molecule has 2 aromatic carbocycles. The lowest BCUT2D eigenvalue weighted by atomic mass is 9.95. The number of carbonyl (C=O) groups excluding carboxylic acids is 1. The lowest BCUT2D eigenvalue weighted by Crippen LogP contribution is -2.38. The van der Waals surface area contributed by atoms with Gasteiger partial charge in [0.15, 0.2) is 6.10 Å². The van der Waals surface area contributed by atoms with Gasteiger partial charge in [0.05, 0.1) is 23.7 Å². The Labute approximate surface area is 232 Å². The second kappa shape index (κ2) is 13.1. The van der Waals surface area contributed by atoms with Crippen molar-refractivity contribution in [2.24, 2.45) is 5.16 Å². The highest BCUT2D eigenvalue weighted by Crippen LogP contribution is 2.36. The number of ether oxygens (including phenoxy) is 2. The number of thioether (sulfide) groups is 1. The number of fused-ring (bicyclic) bond motifs is 1. The fourth-order valence-corrected chi connectivity index (χ4v) is 5.28. The van der Waals surface area contributed by atoms with Gasteiger partial charge in [0.2, 0.25) is 5.91 Å². The summed E-state index contributed by atoms with van der Waals surface area (Å²) in [5.74, 6) is -0.760. The molecule has 0 radical (unpaired) electrons. The number of carboxylic acids is 1. The zero-order chi connectivity index (χ0) is 28.7. The summed E-state index contributed by atoms with van der Waals surface area (Å²) in [6, 6.07) is 12.2. The van der Waals surface area contributed by atoms with E-state index in [2.05, 4.69) is 9.89 Å². The summed E-state index contributed by atoms with van der Waals surface area (Å²) in [5.41, 5.74) is 3.87. The van der Waals surface area contributed by atoms with Gasteiger partial charge in [-0.1, -0.05) is 41.6 Å². The van der Waals surface area contributed by atoms with Crippen LogP contribution in [0.25, 0.3) is 0 Å². The summed E-state index contributed by atoms with van der Waals surface area (Å²) in [4.78, 5) is 26.6. The van der Waals surface area contributed by atoms with Gasteiger partial charge in [-0.3, -0.25) is 4.79 Å². The highest BCUT2D eigenvalue weighted by Gasteiger charge is 2.31. The first-order valence-electron chi connectivity index (χ1n) is 12.4. The lowest BCUT2D eigenvalue weighted by Gasteiger charge is -2.29. The Balaban J connectivity index is 1.33. The SMILES string of the molecule is O=C(O)C(Cc1ccc(OCCN2C(=O)CSc3cc(CC4=CC=CCC4=NO)ccc32)cc1)OCC(F)(F)F. The van der Waals surface area contributed by atoms with E-state index in [1.165, 1.54) is 11.8 Å². The van der Waals surface area contributed by atoms with Crippen molar-refractivity contribution < 1.29 is 42.5 Å². The third-order valence-electron chi connectivity index (χ3n) is 6.25. The van der Waals surface area contributed by atoms with Gasteiger partial charge in [-0.15, -0.1) is 11.8 Å². The fraction of sp³-hybridized carbons (Fsp3) is 0.321. The molecule has 1 amide bonds. The molecule has 0 bridgehead atoms. The number of aliphatic carboxylic acids is 1. The van der Waals surface area contributed by atoms with E-state index in [9.17, 15) is 28.0 Å². The molecule has 2 aromatic rings. The molecule has 0 spiro atoms. The van der Waals surface area contributed by atoms with Crippen LogP contribution < -0.4 is 9.64 Å². The maximum Gasteiger partial charge on any atom is 0.411 e. The summed E-state index contributed by atoms with van der Waals surface area (Å²) >= 11 is 1.47. The van der Waals surface area contributed by atoms with Gasteiger partial charge >= 0.3 is 12.1 Å². The summed E-state index contributed by atoms with van der Waals surface area (Å²) in [6.07, 6.45) is 0.492. The van der Waals surface area contributed by atoms with Gasteiger partial charge in [-0.05, 0) is 47.4 Å². The van der Waals surface area contributed by atoms with E-state index < -0.39 is 24.9 Å². The van der Waals surface area contributed by atoms with Crippen LogP contribution in [0.1, 0.15) is 17.5 Å². The van der Waals surface area contributed by atoms with Crippen LogP contribution in [-0.2, 0) is 27.2 Å². The minimum Gasteiger partial charge on any atom is -0.492 e. The lowest BCUT2D eigenvalue weighted by molar-refractivity contribution is -0.192. The van der Waals surface area contributed by atoms with Crippen LogP contribution in [0.2, 0.25) is 0 Å². The molecule has 4 rings (SSSR count). The van der Waals surface area contributed by atoms with Crippen LogP contribution >= 0.6 is 11.8 Å². The second-order valence-electron chi connectivity index (χ2n) is 9.13. The second-order valence-corrected chi connectivity index (χ2v) is 10.2. The van der Waals surface area contributed by atoms with Crippen LogP contribution in [0.4, 0.5) is 18.9 Å². The van der Waals surface area contributed by atoms with Gasteiger partial charge in [0.25, 0.3) is 0 Å². The van der Waals surface area contributed by atoms with Crippen LogP contribution in [0.15, 0.2) is 76.3 Å². The Morgan fingerprint density at radius 2 is 1.90 bits per heavy atom. The summed E-state index contributed by atoms with van der Waals surface area (Å²) in [6.45, 7) is -1.14. The Kier molecular flexibility index (Phi) is 9.54. The first kappa shape index (κ1) is 29.2. The van der Waals surface area contributed by atoms with Crippen LogP contribution in [0.3, 0.4) is 0 Å². The number of carbonyl (C=O) groups is 2. The smallest absolute Gasteiger partial charge is 0.411 e. The van der Waals surface area contributed by atoms with Crippen molar-refractivity contribution in [2.45, 2.75) is 36.4 Å². The molecule has 212 valence electrons. The van der Waals surface area contributed by atoms with Gasteiger partial charge in [-0.25, -0.2) is 4.79 Å². The van der Waals surface area contributed by atoms with Crippen molar-refractivity contribution in [1.82, 2.24) is 0 Å². The molecule has 1 unspecified atom stereocenters. The summed E-state index contributed by atoms with van der Waals surface area (Å²) in [7, 11) is 0. The Hall–Kier alpha value is -3.77. The number of rotatable bonds is 11. The minimum absolute atomic E-state index is 0.0439. The number of oxime groups is 1. The first-order valence-corrected chi connectivity index (χ1v) is 13.4. The summed E-state index contributed by atoms with van der Waals surface area (Å²) < 4.78 is 47.4. The maximum absolute atomic E-state index is 12.7. The number of hydrogen-bond acceptors (Lipinski definition) is 7. The van der Waals surface area contributed by atoms with Crippen LogP contribution in [0.5, 0.6) is 5.75 Å². The zero-order valence-corrected chi connectivity index (χ0v) is 22.1. The van der Waals surface area contributed by atoms with Gasteiger partial charge in [0.1, 0.15) is 19.0 Å². The number of allylic oxidation sites excluding steroid dienone is 4. The predicted molar refractivity (Wildman–Crippen MR) is 143 cm³/mol. The highest BCUT2D eigenvalue weighted by molar-refractivity contribution is 8.00. The number of hydrogen-bond donors (Lipinski definition) is 2. The highest BCUT2D eigenvalue weighted by atomic mass is 32.2. The third kappa shape index (κ3) is 7.89. The monoisotopic (exact) mass is 576 g/mol. The Morgan fingerprint density at radius 3 is 2.60 bits per heavy atom. The normalized spacial score (nSPS) is 17.0. The minimum atomic E-state index is -4.62. The number of carboxylic acid groups (broad SMARTS) is 1. The predicted octanol–water partition coefficient (Wildman–Crippen LogP) is 5.04. The van der Waals surface area contributed by atoms with Crippen LogP contribution in [-0.4, -0.2) is 65.7 Å². The number of benzene rings is 2. The molecule has 1 heterocycles. The quantitative estimate of drug-likeness (QED) is 0.285. The van der Waals surface area contributed by atoms with E-state index in [1.807, 2.05) is 36.4 Å². The van der Waals surface area contributed by atoms with Crippen molar-refractivity contribution >= 4 is 35.0 Å². The van der Waals surface area contributed by atoms with Gasteiger partial charge < -0.3 is 24.7 Å². The maximum atomic E-state index is 12.7. The van der Waals surface area contributed by atoms with E-state index in [1.54, 1.807) is 29.2 Å². The van der Waals surface area contributed by atoms with E-state index in [0.29, 0.717) is 42.2 Å². The van der Waals surface area contributed by atoms with Crippen LogP contribution in [0, 0.1) is 0 Å². The van der Waals surface area contributed by atoms with E-state index in [4.69, 9.17) is 9.84 Å². The standard InChI is InChI=1S/C28H27F3N2O6S/c29-28(30,31)17-39-24(27(35)36)14-18-5-8-21(9-6-18)38-12-11-33-23-10-7-19(15-25(23)40-16-26(33)34)13-20-3-1-2-4-22(20)32-37/h1-3,5-10,15,24,37H,4,11-14,16-17H2,(H,35,36). The number of halogens is 3. The molecule has 1 aliphatic heterocycles. The van der Waals surface area contributed by atoms with Crippen molar-refractivity contribution in [1.29, 1.82) is 0 Å². The fourth-order valence-electron chi connectivity index (χ4n) is 4.28. The molecule has 2 N–H and O–H groups in total. The molecule has 1 aliphatic carbocycles. The number of amides is 1. The van der Waals surface area contributed by atoms with Crippen molar-refractivity contribution in [3.05, 3.63) is 77.4 Å². The van der Waals surface area contributed by atoms with E-state index in [0.717, 1.165) is 21.7 Å². The van der Waals surface area contributed by atoms with Crippen molar-refractivity contribution in [3.63, 3.8) is 0 Å². The topological polar surface area (TPSA) is 109 Å². The summed E-state index contributed by atoms with van der Waals surface area (Å²) in [5, 5.41) is 21.8. The Morgan fingerprint density at radius 1 is 1.15 bits per heavy atom. The van der Waals surface area contributed by atoms with Crippen molar-refractivity contribution in [2.75, 3.05) is 30.4 Å². The number of alkyl halides is 3. The average Bonchev–Trinajstić information content (AvgIpc) is 2.92. The molecule has 40 heavy (non-hydrogen) atoms. The zero-order valence-electron chi connectivity index (χ0n) is 21.3. The molecule has 2 aliphatic rings. The molecule has 0 fully saturated rings. The molecular weight excluding hydrogens is 549 g/mol. The molecule has 0 saturated carbocycles. The largest absolute Gasteiger partial charge is 0.492 e. The van der Waals surface area contributed by atoms with Gasteiger partial charge in [0, 0.05) is 17.7 Å². The molecule has 8 nitrogen and oxygen atoms in total. The van der Waals surface area contributed by atoms with Gasteiger partial charge in [-0.2, -0.15) is 13.2 Å². The average molecular weight is 577 g/mol. The molecular formula is C28H27F3N2O6S. The van der Waals surface area contributed by atoms with E-state index in [-0.39, 0.29) is 18.9 Å². The molecule has 12 heteroatoms. The first-order chi connectivity index (χ1) is 19.1. The molecule has 0 aromatic heterocycles. The number of anilines is 1. The molecule has 1 atom stereocenters. The molecule has 0 saturated heterocycles.